The van der Waals surface area contributed by atoms with Gasteiger partial charge in [0.05, 0.1) is 0 Å². The Hall–Kier alpha value is -3.08. The van der Waals surface area contributed by atoms with E-state index in [1.807, 2.05) is 63.2 Å². The summed E-state index contributed by atoms with van der Waals surface area (Å²) in [5.41, 5.74) is 2.54. The second kappa shape index (κ2) is 10.5. The third-order valence-corrected chi connectivity index (χ3v) is 4.59. The van der Waals surface area contributed by atoms with Crippen molar-refractivity contribution >= 4 is 11.8 Å². The van der Waals surface area contributed by atoms with Gasteiger partial charge < -0.3 is 15.0 Å². The summed E-state index contributed by atoms with van der Waals surface area (Å²) in [6.07, 6.45) is 1.69. The first-order valence-electron chi connectivity index (χ1n) is 9.77. The first-order valence-corrected chi connectivity index (χ1v) is 9.77. The Balaban J connectivity index is 2.03. The average Bonchev–Trinajstić information content (AvgIpc) is 2.70. The van der Waals surface area contributed by atoms with Crippen molar-refractivity contribution in [3.8, 4) is 5.75 Å². The highest BCUT2D eigenvalue weighted by Gasteiger charge is 2.27. The molecule has 0 aliphatic heterocycles. The fourth-order valence-electron chi connectivity index (χ4n) is 2.96. The molecular formula is C24H30N2O3. The summed E-state index contributed by atoms with van der Waals surface area (Å²) in [6.45, 7) is 10.3. The third-order valence-electron chi connectivity index (χ3n) is 4.59. The van der Waals surface area contributed by atoms with E-state index in [0.29, 0.717) is 18.7 Å². The van der Waals surface area contributed by atoms with Gasteiger partial charge in [-0.25, -0.2) is 0 Å². The molecule has 0 saturated heterocycles. The van der Waals surface area contributed by atoms with Gasteiger partial charge in [-0.1, -0.05) is 56.3 Å². The number of carbonyl (C=O) groups is 2. The summed E-state index contributed by atoms with van der Waals surface area (Å²) in [6, 6.07) is 14.3. The van der Waals surface area contributed by atoms with Crippen molar-refractivity contribution in [1.29, 1.82) is 0 Å². The highest BCUT2D eigenvalue weighted by molar-refractivity contribution is 5.97. The van der Waals surface area contributed by atoms with Crippen molar-refractivity contribution in [2.45, 2.75) is 33.4 Å². The number of nitrogens with one attached hydrogen (secondary N) is 1. The first-order chi connectivity index (χ1) is 13.8. The molecule has 2 aromatic carbocycles. The molecule has 5 heteroatoms. The van der Waals surface area contributed by atoms with E-state index in [1.54, 1.807) is 24.1 Å². The van der Waals surface area contributed by atoms with E-state index in [0.717, 1.165) is 16.9 Å². The van der Waals surface area contributed by atoms with Crippen LogP contribution < -0.4 is 10.1 Å². The van der Waals surface area contributed by atoms with Crippen molar-refractivity contribution in [2.24, 2.45) is 5.92 Å². The summed E-state index contributed by atoms with van der Waals surface area (Å²) in [7, 11) is 1.75. The number of aryl methyl sites for hydroxylation is 1. The van der Waals surface area contributed by atoms with E-state index in [4.69, 9.17) is 4.74 Å². The van der Waals surface area contributed by atoms with Crippen molar-refractivity contribution in [1.82, 2.24) is 10.2 Å². The minimum absolute atomic E-state index is 0.0339. The largest absolute Gasteiger partial charge is 0.490 e. The van der Waals surface area contributed by atoms with Crippen LogP contribution >= 0.6 is 0 Å². The first kappa shape index (κ1) is 22.2. The summed E-state index contributed by atoms with van der Waals surface area (Å²) < 4.78 is 5.48. The van der Waals surface area contributed by atoms with Crippen LogP contribution in [0.3, 0.4) is 0 Å². The number of ether oxygens (including phenoxy) is 1. The van der Waals surface area contributed by atoms with Crippen LogP contribution in [0.4, 0.5) is 0 Å². The quantitative estimate of drug-likeness (QED) is 0.655. The molecule has 1 atom stereocenters. The normalized spacial score (nSPS) is 11.6. The second-order valence-electron chi connectivity index (χ2n) is 7.50. The predicted molar refractivity (Wildman–Crippen MR) is 116 cm³/mol. The summed E-state index contributed by atoms with van der Waals surface area (Å²) >= 11 is 0. The van der Waals surface area contributed by atoms with E-state index in [1.165, 1.54) is 0 Å². The van der Waals surface area contributed by atoms with E-state index < -0.39 is 6.04 Å². The molecule has 2 amide bonds. The number of benzene rings is 2. The van der Waals surface area contributed by atoms with Crippen LogP contribution in [0.5, 0.6) is 5.75 Å². The number of nitrogens with zero attached hydrogens (tertiary/aromatic N) is 1. The zero-order valence-electron chi connectivity index (χ0n) is 17.6. The van der Waals surface area contributed by atoms with Crippen LogP contribution in [0.25, 0.3) is 0 Å². The number of carbonyl (C=O) groups excluding carboxylic acids is 2. The molecular weight excluding hydrogens is 364 g/mol. The number of hydrogen-bond acceptors (Lipinski definition) is 3. The average molecular weight is 395 g/mol. The lowest BCUT2D eigenvalue weighted by Crippen LogP contribution is -2.50. The van der Waals surface area contributed by atoms with Gasteiger partial charge in [-0.2, -0.15) is 0 Å². The molecule has 29 heavy (non-hydrogen) atoms. The molecule has 0 heterocycles. The summed E-state index contributed by atoms with van der Waals surface area (Å²) in [5, 5.41) is 2.90. The molecule has 5 nitrogen and oxygen atoms in total. The minimum atomic E-state index is -0.594. The molecule has 0 fully saturated rings. The summed E-state index contributed by atoms with van der Waals surface area (Å²) in [4.78, 5) is 27.3. The maximum Gasteiger partial charge on any atom is 0.251 e. The van der Waals surface area contributed by atoms with Crippen LogP contribution in [0, 0.1) is 12.8 Å². The molecule has 1 N–H and O–H groups in total. The predicted octanol–water partition coefficient (Wildman–Crippen LogP) is 3.97. The van der Waals surface area contributed by atoms with E-state index in [-0.39, 0.29) is 17.7 Å². The number of likely N-dealkylation sites (N-methyl/N-ethyl adjacent to an activating group) is 1. The highest BCUT2D eigenvalue weighted by atomic mass is 16.5. The molecule has 0 aromatic heterocycles. The Labute approximate surface area is 173 Å². The molecule has 0 bridgehead atoms. The van der Waals surface area contributed by atoms with Gasteiger partial charge in [-0.05, 0) is 42.7 Å². The monoisotopic (exact) mass is 394 g/mol. The Kier molecular flexibility index (Phi) is 8.01. The van der Waals surface area contributed by atoms with Gasteiger partial charge in [0.25, 0.3) is 5.91 Å². The van der Waals surface area contributed by atoms with Crippen LogP contribution in [-0.2, 0) is 11.3 Å². The van der Waals surface area contributed by atoms with Crippen molar-refractivity contribution < 1.29 is 14.3 Å². The van der Waals surface area contributed by atoms with Crippen molar-refractivity contribution in [3.63, 3.8) is 0 Å². The zero-order chi connectivity index (χ0) is 21.4. The molecule has 154 valence electrons. The van der Waals surface area contributed by atoms with E-state index >= 15 is 0 Å². The van der Waals surface area contributed by atoms with Crippen LogP contribution in [0.2, 0.25) is 0 Å². The van der Waals surface area contributed by atoms with Crippen LogP contribution in [0.1, 0.15) is 35.3 Å². The molecule has 2 rings (SSSR count). The summed E-state index contributed by atoms with van der Waals surface area (Å²) in [5.74, 6) is 0.368. The fourth-order valence-corrected chi connectivity index (χ4v) is 2.96. The van der Waals surface area contributed by atoms with Crippen molar-refractivity contribution in [2.75, 3.05) is 13.7 Å². The number of amides is 2. The van der Waals surface area contributed by atoms with Crippen LogP contribution in [0.15, 0.2) is 61.2 Å². The molecule has 0 radical (unpaired) electrons. The lowest BCUT2D eigenvalue weighted by Gasteiger charge is -2.27. The Morgan fingerprint density at radius 1 is 1.17 bits per heavy atom. The van der Waals surface area contributed by atoms with Crippen LogP contribution in [-0.4, -0.2) is 36.4 Å². The van der Waals surface area contributed by atoms with Gasteiger partial charge in [-0.15, -0.1) is 0 Å². The van der Waals surface area contributed by atoms with E-state index in [9.17, 15) is 9.59 Å². The topological polar surface area (TPSA) is 58.6 Å². The second-order valence-corrected chi connectivity index (χ2v) is 7.50. The van der Waals surface area contributed by atoms with Gasteiger partial charge >= 0.3 is 0 Å². The van der Waals surface area contributed by atoms with E-state index in [2.05, 4.69) is 11.9 Å². The van der Waals surface area contributed by atoms with Gasteiger partial charge in [0.2, 0.25) is 5.91 Å². The SMILES string of the molecule is C=CCOc1ccc(CN(C)C(=O)[C@@H](NC(=O)c2cccc(C)c2)C(C)C)cc1. The lowest BCUT2D eigenvalue weighted by atomic mass is 10.0. The van der Waals surface area contributed by atoms with Gasteiger partial charge in [0, 0.05) is 19.2 Å². The molecule has 0 saturated carbocycles. The highest BCUT2D eigenvalue weighted by Crippen LogP contribution is 2.15. The third kappa shape index (κ3) is 6.49. The number of rotatable bonds is 9. The molecule has 0 spiro atoms. The maximum absolute atomic E-state index is 13.0. The lowest BCUT2D eigenvalue weighted by molar-refractivity contribution is -0.133. The zero-order valence-corrected chi connectivity index (χ0v) is 17.6. The number of hydrogen-bond donors (Lipinski definition) is 1. The maximum atomic E-state index is 13.0. The molecule has 0 aliphatic rings. The molecule has 0 aliphatic carbocycles. The van der Waals surface area contributed by atoms with Crippen molar-refractivity contribution in [3.05, 3.63) is 77.9 Å². The van der Waals surface area contributed by atoms with Gasteiger partial charge in [0.1, 0.15) is 18.4 Å². The Bertz CT molecular complexity index is 843. The van der Waals surface area contributed by atoms with Gasteiger partial charge in [-0.3, -0.25) is 9.59 Å². The Morgan fingerprint density at radius 3 is 2.45 bits per heavy atom. The fraction of sp³-hybridized carbons (Fsp3) is 0.333. The standard InChI is InChI=1S/C24H30N2O3/c1-6-14-29-21-12-10-19(11-13-21)16-26(5)24(28)22(17(2)3)25-23(27)20-9-7-8-18(4)15-20/h6-13,15,17,22H,1,14,16H2,2-5H3,(H,25,27)/t22-/m0/s1. The van der Waals surface area contributed by atoms with Gasteiger partial charge in [0.15, 0.2) is 0 Å². The minimum Gasteiger partial charge on any atom is -0.490 e. The molecule has 2 aromatic rings. The Morgan fingerprint density at radius 2 is 1.86 bits per heavy atom. The molecule has 0 unspecified atom stereocenters. The smallest absolute Gasteiger partial charge is 0.251 e.